The molecule has 0 radical (unpaired) electrons. The summed E-state index contributed by atoms with van der Waals surface area (Å²) in [5.74, 6) is 8.75. The van der Waals surface area contributed by atoms with E-state index in [9.17, 15) is 0 Å². The Kier molecular flexibility index (Phi) is 7.13. The highest BCUT2D eigenvalue weighted by atomic mass is 15.3. The fraction of sp³-hybridized carbons (Fsp3) is 1.00. The fourth-order valence-corrected chi connectivity index (χ4v) is 12.3. The van der Waals surface area contributed by atoms with E-state index >= 15 is 0 Å². The molecule has 2 nitrogen and oxygen atoms in total. The van der Waals surface area contributed by atoms with Crippen molar-refractivity contribution in [2.45, 2.75) is 121 Å². The Hall–Kier alpha value is -0.0800. The van der Waals surface area contributed by atoms with Gasteiger partial charge >= 0.3 is 0 Å². The lowest BCUT2D eigenvalue weighted by Crippen LogP contribution is -2.62. The molecule has 0 aliphatic heterocycles. The second kappa shape index (κ2) is 9.91. The van der Waals surface area contributed by atoms with Crippen LogP contribution in [0.25, 0.3) is 0 Å². The van der Waals surface area contributed by atoms with Crippen LogP contribution >= 0.6 is 0 Å². The first-order valence-electron chi connectivity index (χ1n) is 16.4. The van der Waals surface area contributed by atoms with E-state index in [-0.39, 0.29) is 0 Å². The van der Waals surface area contributed by atoms with Gasteiger partial charge in [0, 0.05) is 23.7 Å². The summed E-state index contributed by atoms with van der Waals surface area (Å²) >= 11 is 0. The Morgan fingerprint density at radius 3 is 0.914 bits per heavy atom. The zero-order chi connectivity index (χ0) is 24.2. The lowest BCUT2D eigenvalue weighted by Gasteiger charge is -2.58. The molecule has 0 unspecified atom stereocenters. The minimum Gasteiger partial charge on any atom is -0.326 e. The van der Waals surface area contributed by atoms with Gasteiger partial charge in [0.25, 0.3) is 0 Å². The molecule has 0 saturated heterocycles. The highest BCUT2D eigenvalue weighted by molar-refractivity contribution is 5.00. The van der Waals surface area contributed by atoms with Crippen LogP contribution in [0.2, 0.25) is 0 Å². The van der Waals surface area contributed by atoms with Crippen molar-refractivity contribution >= 4 is 0 Å². The third-order valence-electron chi connectivity index (χ3n) is 12.9. The van der Waals surface area contributed by atoms with E-state index in [2.05, 4.69) is 28.2 Å². The topological polar surface area (TPSA) is 0 Å². The highest BCUT2D eigenvalue weighted by Crippen LogP contribution is 2.57. The van der Waals surface area contributed by atoms with Gasteiger partial charge in [-0.05, 0) is 114 Å². The lowest BCUT2D eigenvalue weighted by molar-refractivity contribution is -0.926. The second-order valence-electron chi connectivity index (χ2n) is 16.3. The number of hydrogen-bond acceptors (Lipinski definition) is 0. The van der Waals surface area contributed by atoms with Crippen LogP contribution in [0.5, 0.6) is 0 Å². The molecule has 0 amide bonds. The molecule has 35 heavy (non-hydrogen) atoms. The van der Waals surface area contributed by atoms with Gasteiger partial charge in [0.1, 0.15) is 0 Å². The van der Waals surface area contributed by atoms with E-state index in [4.69, 9.17) is 0 Å². The van der Waals surface area contributed by atoms with Crippen LogP contribution in [0, 0.1) is 47.3 Å². The maximum absolute atomic E-state index is 2.59. The lowest BCUT2D eigenvalue weighted by atomic mass is 9.53. The predicted octanol–water partition coefficient (Wildman–Crippen LogP) is 7.52. The summed E-state index contributed by atoms with van der Waals surface area (Å²) in [6.07, 6.45) is 26.2. The zero-order valence-corrected chi connectivity index (χ0v) is 24.1. The van der Waals surface area contributed by atoms with Crippen molar-refractivity contribution < 1.29 is 8.97 Å². The van der Waals surface area contributed by atoms with Crippen molar-refractivity contribution in [3.05, 3.63) is 0 Å². The first-order valence-corrected chi connectivity index (χ1v) is 16.4. The first-order chi connectivity index (χ1) is 16.8. The van der Waals surface area contributed by atoms with E-state index in [1.54, 1.807) is 64.2 Å². The van der Waals surface area contributed by atoms with Gasteiger partial charge in [-0.3, -0.25) is 0 Å². The summed E-state index contributed by atoms with van der Waals surface area (Å²) in [4.78, 5) is 0. The Morgan fingerprint density at radius 2 is 0.629 bits per heavy atom. The molecule has 0 atom stereocenters. The third kappa shape index (κ3) is 5.15. The molecule has 0 spiro atoms. The van der Waals surface area contributed by atoms with Crippen molar-refractivity contribution in [2.24, 2.45) is 47.3 Å². The van der Waals surface area contributed by atoms with Gasteiger partial charge in [-0.15, -0.1) is 0 Å². The van der Waals surface area contributed by atoms with Crippen molar-refractivity contribution in [3.8, 4) is 0 Å². The first kappa shape index (κ1) is 25.2. The largest absolute Gasteiger partial charge is 0.326 e. The summed E-state index contributed by atoms with van der Waals surface area (Å²) in [5, 5.41) is 0. The number of quaternary nitrogens is 2. The number of nitrogens with zero attached hydrogens (tertiary/aromatic N) is 2. The molecule has 0 aromatic rings. The Morgan fingerprint density at radius 1 is 0.371 bits per heavy atom. The van der Waals surface area contributed by atoms with E-state index in [1.807, 2.05) is 0 Å². The number of rotatable bonds is 12. The monoisotopic (exact) mass is 484 g/mol. The van der Waals surface area contributed by atoms with Gasteiger partial charge in [0.2, 0.25) is 0 Å². The molecule has 8 aliphatic rings. The van der Waals surface area contributed by atoms with E-state index in [0.29, 0.717) is 0 Å². The van der Waals surface area contributed by atoms with Crippen LogP contribution in [0.4, 0.5) is 0 Å². The number of hydrogen-bond donors (Lipinski definition) is 0. The maximum atomic E-state index is 2.59. The quantitative estimate of drug-likeness (QED) is 0.198. The normalized spacial score (nSPS) is 43.9. The van der Waals surface area contributed by atoms with Crippen molar-refractivity contribution in [3.63, 3.8) is 0 Å². The van der Waals surface area contributed by atoms with Gasteiger partial charge in [0.05, 0.1) is 53.4 Å². The van der Waals surface area contributed by atoms with Crippen molar-refractivity contribution in [1.82, 2.24) is 0 Å². The average Bonchev–Trinajstić information content (AvgIpc) is 2.76. The molecule has 2 heteroatoms. The van der Waals surface area contributed by atoms with Gasteiger partial charge in [-0.1, -0.05) is 19.3 Å². The summed E-state index contributed by atoms with van der Waals surface area (Å²) < 4.78 is 2.68. The van der Waals surface area contributed by atoms with Crippen LogP contribution in [-0.2, 0) is 0 Å². The molecule has 8 aliphatic carbocycles. The molecule has 8 saturated carbocycles. The molecule has 8 rings (SSSR count). The van der Waals surface area contributed by atoms with Crippen LogP contribution in [0.1, 0.15) is 109 Å². The SMILES string of the molecule is C[N+](C)(CCCCCCCCC[N+](C)(C)C1C2CC3CC(C2)CC1C3)C1C2CC3CC(C2)CC1C3. The van der Waals surface area contributed by atoms with E-state index < -0.39 is 0 Å². The van der Waals surface area contributed by atoms with E-state index in [0.717, 1.165) is 59.4 Å². The van der Waals surface area contributed by atoms with Crippen molar-refractivity contribution in [1.29, 1.82) is 0 Å². The smallest absolute Gasteiger partial charge is 0.0943 e. The molecular weight excluding hydrogens is 424 g/mol. The highest BCUT2D eigenvalue weighted by Gasteiger charge is 2.55. The summed E-state index contributed by atoms with van der Waals surface area (Å²) in [5.41, 5.74) is 0. The van der Waals surface area contributed by atoms with Crippen LogP contribution < -0.4 is 0 Å². The fourth-order valence-electron chi connectivity index (χ4n) is 12.3. The maximum Gasteiger partial charge on any atom is 0.0943 e. The molecule has 0 N–H and O–H groups in total. The van der Waals surface area contributed by atoms with Gasteiger partial charge < -0.3 is 8.97 Å². The van der Waals surface area contributed by atoms with Gasteiger partial charge in [-0.2, -0.15) is 0 Å². The number of unbranched alkanes of at least 4 members (excludes halogenated alkanes) is 6. The molecule has 200 valence electrons. The Bertz CT molecular complexity index is 607. The molecule has 0 heterocycles. The summed E-state index contributed by atoms with van der Waals surface area (Å²) in [7, 11) is 10.4. The zero-order valence-electron chi connectivity index (χ0n) is 24.1. The van der Waals surface area contributed by atoms with Crippen molar-refractivity contribution in [2.75, 3.05) is 41.3 Å². The van der Waals surface area contributed by atoms with Crippen LogP contribution in [-0.4, -0.2) is 62.3 Å². The molecule has 0 aromatic carbocycles. The van der Waals surface area contributed by atoms with E-state index in [1.165, 1.54) is 67.0 Å². The standard InChI is InChI=1S/C33H60N2/c1-34(2,32-28-16-24-14-25(18-28)19-29(32)17-24)12-10-8-6-5-7-9-11-13-35(3,4)33-30-20-26-15-27(22-30)23-31(33)21-26/h24-33H,5-23H2,1-4H3/q+2. The minimum atomic E-state index is 0.999. The molecular formula is C33H60N2+2. The molecule has 0 aromatic heterocycles. The second-order valence-corrected chi connectivity index (χ2v) is 16.3. The molecule has 8 fully saturated rings. The summed E-state index contributed by atoms with van der Waals surface area (Å²) in [6, 6.07) is 2.00. The predicted molar refractivity (Wildman–Crippen MR) is 148 cm³/mol. The summed E-state index contributed by atoms with van der Waals surface area (Å²) in [6.45, 7) is 2.87. The molecule has 8 bridgehead atoms. The van der Waals surface area contributed by atoms with Gasteiger partial charge in [0.15, 0.2) is 0 Å². The minimum absolute atomic E-state index is 0.999. The Labute approximate surface area is 218 Å². The third-order valence-corrected chi connectivity index (χ3v) is 12.9. The van der Waals surface area contributed by atoms with Gasteiger partial charge in [-0.25, -0.2) is 0 Å². The van der Waals surface area contributed by atoms with Crippen LogP contribution in [0.15, 0.2) is 0 Å². The average molecular weight is 485 g/mol. The Balaban J connectivity index is 0.849. The van der Waals surface area contributed by atoms with Crippen LogP contribution in [0.3, 0.4) is 0 Å².